The predicted octanol–water partition coefficient (Wildman–Crippen LogP) is 3.21. The fraction of sp³-hybridized carbons (Fsp3) is 0.318. The topological polar surface area (TPSA) is 88.7 Å². The Morgan fingerprint density at radius 2 is 2.10 bits per heavy atom. The van der Waals surface area contributed by atoms with Gasteiger partial charge in [0.2, 0.25) is 11.8 Å². The first kappa shape index (κ1) is 19.5. The molecular formula is C22H24FN7O. The number of halogens is 1. The summed E-state index contributed by atoms with van der Waals surface area (Å²) in [7, 11) is 1.99. The third-order valence-corrected chi connectivity index (χ3v) is 5.78. The molecule has 9 heteroatoms. The van der Waals surface area contributed by atoms with E-state index in [0.717, 1.165) is 37.3 Å². The number of benzene rings is 1. The second-order valence-electron chi connectivity index (χ2n) is 7.89. The SMILES string of the molecule is CN(CC1CCCN1Cc1ccccc1F)c1cc2nc(-c3ccco3)nn2c(N)n1. The average molecular weight is 421 g/mol. The van der Waals surface area contributed by atoms with Crippen LogP contribution >= 0.6 is 0 Å². The smallest absolute Gasteiger partial charge is 0.225 e. The van der Waals surface area contributed by atoms with Crippen molar-refractivity contribution in [3.8, 4) is 11.6 Å². The van der Waals surface area contributed by atoms with Crippen molar-refractivity contribution in [3.05, 3.63) is 60.1 Å². The molecule has 8 nitrogen and oxygen atoms in total. The Bertz CT molecular complexity index is 1190. The molecule has 160 valence electrons. The van der Waals surface area contributed by atoms with Crippen molar-refractivity contribution >= 4 is 17.4 Å². The molecule has 0 aliphatic carbocycles. The number of hydrogen-bond donors (Lipinski definition) is 1. The molecule has 2 N–H and O–H groups in total. The summed E-state index contributed by atoms with van der Waals surface area (Å²) in [5, 5.41) is 4.39. The first-order valence-corrected chi connectivity index (χ1v) is 10.3. The second kappa shape index (κ2) is 7.99. The third-order valence-electron chi connectivity index (χ3n) is 5.78. The van der Waals surface area contributed by atoms with Crippen LogP contribution in [0.1, 0.15) is 18.4 Å². The molecule has 5 rings (SSSR count). The molecule has 3 aromatic heterocycles. The molecule has 1 aromatic carbocycles. The third kappa shape index (κ3) is 3.84. The molecule has 1 saturated heterocycles. The Morgan fingerprint density at radius 3 is 2.90 bits per heavy atom. The van der Waals surface area contributed by atoms with Gasteiger partial charge in [0.05, 0.1) is 6.26 Å². The normalized spacial score (nSPS) is 16.9. The summed E-state index contributed by atoms with van der Waals surface area (Å²) < 4.78 is 21.0. The number of hydrogen-bond acceptors (Lipinski definition) is 7. The van der Waals surface area contributed by atoms with Gasteiger partial charge in [-0.15, -0.1) is 5.10 Å². The van der Waals surface area contributed by atoms with Gasteiger partial charge < -0.3 is 15.1 Å². The lowest BCUT2D eigenvalue weighted by molar-refractivity contribution is 0.245. The summed E-state index contributed by atoms with van der Waals surface area (Å²) in [6.07, 6.45) is 3.73. The number of likely N-dealkylation sites (tertiary alicyclic amines) is 1. The monoisotopic (exact) mass is 421 g/mol. The lowest BCUT2D eigenvalue weighted by Crippen LogP contribution is -2.39. The average Bonchev–Trinajstić information content (AvgIpc) is 3.50. The zero-order valence-electron chi connectivity index (χ0n) is 17.3. The highest BCUT2D eigenvalue weighted by Crippen LogP contribution is 2.25. The van der Waals surface area contributed by atoms with Crippen molar-refractivity contribution < 1.29 is 8.81 Å². The minimum absolute atomic E-state index is 0.152. The van der Waals surface area contributed by atoms with Gasteiger partial charge in [0, 0.05) is 37.8 Å². The summed E-state index contributed by atoms with van der Waals surface area (Å²) in [5.41, 5.74) is 7.49. The molecule has 0 bridgehead atoms. The molecule has 0 radical (unpaired) electrons. The van der Waals surface area contributed by atoms with Crippen molar-refractivity contribution in [3.63, 3.8) is 0 Å². The summed E-state index contributed by atoms with van der Waals surface area (Å²) in [5.74, 6) is 1.87. The minimum atomic E-state index is -0.152. The van der Waals surface area contributed by atoms with Gasteiger partial charge in [0.25, 0.3) is 0 Å². The first-order valence-electron chi connectivity index (χ1n) is 10.3. The zero-order valence-corrected chi connectivity index (χ0v) is 17.3. The van der Waals surface area contributed by atoms with Crippen LogP contribution < -0.4 is 10.6 Å². The van der Waals surface area contributed by atoms with Gasteiger partial charge in [-0.2, -0.15) is 9.50 Å². The highest BCUT2D eigenvalue weighted by molar-refractivity contribution is 5.59. The number of nitrogen functional groups attached to an aromatic ring is 1. The molecule has 0 saturated carbocycles. The van der Waals surface area contributed by atoms with Crippen molar-refractivity contribution in [2.45, 2.75) is 25.4 Å². The lowest BCUT2D eigenvalue weighted by atomic mass is 10.1. The molecule has 0 spiro atoms. The number of fused-ring (bicyclic) bond motifs is 1. The van der Waals surface area contributed by atoms with E-state index in [1.54, 1.807) is 24.5 Å². The van der Waals surface area contributed by atoms with Gasteiger partial charge >= 0.3 is 0 Å². The van der Waals surface area contributed by atoms with Gasteiger partial charge in [-0.3, -0.25) is 4.90 Å². The van der Waals surface area contributed by atoms with Gasteiger partial charge in [0.1, 0.15) is 11.6 Å². The lowest BCUT2D eigenvalue weighted by Gasteiger charge is -2.29. The predicted molar refractivity (Wildman–Crippen MR) is 116 cm³/mol. The summed E-state index contributed by atoms with van der Waals surface area (Å²) >= 11 is 0. The second-order valence-corrected chi connectivity index (χ2v) is 7.89. The zero-order chi connectivity index (χ0) is 21.4. The van der Waals surface area contributed by atoms with E-state index >= 15 is 0 Å². The molecule has 1 unspecified atom stereocenters. The van der Waals surface area contributed by atoms with Crippen LogP contribution in [0.4, 0.5) is 16.2 Å². The van der Waals surface area contributed by atoms with Crippen LogP contribution in [-0.2, 0) is 6.54 Å². The van der Waals surface area contributed by atoms with E-state index in [1.807, 2.05) is 25.2 Å². The number of aromatic nitrogens is 4. The quantitative estimate of drug-likeness (QED) is 0.511. The number of anilines is 2. The Balaban J connectivity index is 1.34. The van der Waals surface area contributed by atoms with Gasteiger partial charge in [-0.05, 0) is 37.6 Å². The molecule has 0 amide bonds. The number of rotatable bonds is 6. The Hall–Kier alpha value is -3.46. The van der Waals surface area contributed by atoms with E-state index in [4.69, 9.17) is 10.2 Å². The molecule has 31 heavy (non-hydrogen) atoms. The summed E-state index contributed by atoms with van der Waals surface area (Å²) in [4.78, 5) is 13.5. The van der Waals surface area contributed by atoms with E-state index in [9.17, 15) is 4.39 Å². The highest BCUT2D eigenvalue weighted by atomic mass is 19.1. The highest BCUT2D eigenvalue weighted by Gasteiger charge is 2.27. The molecule has 1 aliphatic heterocycles. The van der Waals surface area contributed by atoms with Gasteiger partial charge in [-0.25, -0.2) is 9.37 Å². The summed E-state index contributed by atoms with van der Waals surface area (Å²) in [6, 6.07) is 12.7. The van der Waals surface area contributed by atoms with Crippen LogP contribution in [0.2, 0.25) is 0 Å². The molecule has 1 fully saturated rings. The van der Waals surface area contributed by atoms with Crippen LogP contribution in [0.15, 0.2) is 53.1 Å². The van der Waals surface area contributed by atoms with Crippen molar-refractivity contribution in [1.29, 1.82) is 0 Å². The minimum Gasteiger partial charge on any atom is -0.461 e. The van der Waals surface area contributed by atoms with Crippen molar-refractivity contribution in [1.82, 2.24) is 24.5 Å². The Morgan fingerprint density at radius 1 is 1.23 bits per heavy atom. The molecule has 4 heterocycles. The van der Waals surface area contributed by atoms with Crippen LogP contribution in [0.3, 0.4) is 0 Å². The van der Waals surface area contributed by atoms with E-state index in [-0.39, 0.29) is 11.8 Å². The maximum atomic E-state index is 14.1. The maximum Gasteiger partial charge on any atom is 0.225 e. The van der Waals surface area contributed by atoms with E-state index < -0.39 is 0 Å². The Labute approximate surface area is 179 Å². The molecular weight excluding hydrogens is 397 g/mol. The van der Waals surface area contributed by atoms with E-state index in [1.165, 1.54) is 10.6 Å². The fourth-order valence-corrected chi connectivity index (χ4v) is 4.17. The first-order chi connectivity index (χ1) is 15.1. The van der Waals surface area contributed by atoms with Crippen LogP contribution in [0, 0.1) is 5.82 Å². The molecule has 4 aromatic rings. The van der Waals surface area contributed by atoms with Crippen molar-refractivity contribution in [2.24, 2.45) is 0 Å². The fourth-order valence-electron chi connectivity index (χ4n) is 4.17. The molecule has 1 aliphatic rings. The number of nitrogens with two attached hydrogens (primary N) is 1. The van der Waals surface area contributed by atoms with Crippen LogP contribution in [0.5, 0.6) is 0 Å². The number of furan rings is 1. The van der Waals surface area contributed by atoms with Crippen LogP contribution in [0.25, 0.3) is 17.2 Å². The van der Waals surface area contributed by atoms with Gasteiger partial charge in [0.15, 0.2) is 11.4 Å². The number of nitrogens with zero attached hydrogens (tertiary/aromatic N) is 6. The standard InChI is InChI=1S/C22H24FN7O/c1-28(14-16-7-4-10-29(16)13-15-6-2-3-8-17(15)23)19-12-20-25-21(18-9-5-11-31-18)27-30(20)22(24)26-19/h2-3,5-6,8-9,11-12,16H,4,7,10,13-14H2,1H3,(H2,24,26). The Kier molecular flexibility index (Phi) is 5.03. The largest absolute Gasteiger partial charge is 0.461 e. The number of likely N-dealkylation sites (N-methyl/N-ethyl adjacent to an activating group) is 1. The van der Waals surface area contributed by atoms with Crippen molar-refractivity contribution in [2.75, 3.05) is 30.8 Å². The molecule has 1 atom stereocenters. The van der Waals surface area contributed by atoms with E-state index in [2.05, 4.69) is 24.9 Å². The van der Waals surface area contributed by atoms with Gasteiger partial charge in [-0.1, -0.05) is 18.2 Å². The van der Waals surface area contributed by atoms with Crippen LogP contribution in [-0.4, -0.2) is 50.7 Å². The van der Waals surface area contributed by atoms with E-state index in [0.29, 0.717) is 29.8 Å². The summed E-state index contributed by atoms with van der Waals surface area (Å²) in [6.45, 7) is 2.32. The maximum absolute atomic E-state index is 14.1.